The number of phenols is 2. The summed E-state index contributed by atoms with van der Waals surface area (Å²) in [5.41, 5.74) is 2.55. The van der Waals surface area contributed by atoms with E-state index in [0.29, 0.717) is 16.0 Å². The molecule has 0 bridgehead atoms. The van der Waals surface area contributed by atoms with Crippen LogP contribution in [0.1, 0.15) is 58.2 Å². The summed E-state index contributed by atoms with van der Waals surface area (Å²) in [5, 5.41) is 19.7. The lowest BCUT2D eigenvalue weighted by molar-refractivity contribution is 0.101. The number of carbonyl (C=O) groups excluding carboxylic acids is 2. The van der Waals surface area contributed by atoms with Gasteiger partial charge in [0, 0.05) is 21.4 Å². The molecular weight excluding hydrogens is 384 g/mol. The molecule has 2 N–H and O–H groups in total. The van der Waals surface area contributed by atoms with Gasteiger partial charge in [-0.2, -0.15) is 0 Å². The molecule has 0 radical (unpaired) electrons. The molecule has 0 aliphatic rings. The van der Waals surface area contributed by atoms with E-state index in [0.717, 1.165) is 16.7 Å². The van der Waals surface area contributed by atoms with Crippen LogP contribution in [0.3, 0.4) is 0 Å². The third-order valence-electron chi connectivity index (χ3n) is 5.32. The predicted octanol–water partition coefficient (Wildman–Crippen LogP) is 5.15. The first-order valence-electron chi connectivity index (χ1n) is 9.12. The molecule has 0 aliphatic carbocycles. The summed E-state index contributed by atoms with van der Waals surface area (Å²) in [6.07, 6.45) is 0. The van der Waals surface area contributed by atoms with Gasteiger partial charge in [-0.15, -0.1) is 12.6 Å². The van der Waals surface area contributed by atoms with E-state index < -0.39 is 5.41 Å². The Balaban J connectivity index is 2.37. The van der Waals surface area contributed by atoms with E-state index in [9.17, 15) is 19.8 Å². The van der Waals surface area contributed by atoms with Crippen molar-refractivity contribution >= 4 is 24.2 Å². The van der Waals surface area contributed by atoms with Crippen LogP contribution in [0.15, 0.2) is 65.6 Å². The summed E-state index contributed by atoms with van der Waals surface area (Å²) in [6.45, 7) is 4.91. The smallest absolute Gasteiger partial charge is 0.159 e. The Morgan fingerprint density at radius 2 is 1.28 bits per heavy atom. The summed E-state index contributed by atoms with van der Waals surface area (Å²) < 4.78 is 0. The highest BCUT2D eigenvalue weighted by Gasteiger charge is 2.33. The molecule has 0 spiro atoms. The molecule has 5 heteroatoms. The lowest BCUT2D eigenvalue weighted by Gasteiger charge is -2.33. The Bertz CT molecular complexity index is 1070. The van der Waals surface area contributed by atoms with E-state index >= 15 is 0 Å². The number of ketones is 2. The third-order valence-corrected chi connectivity index (χ3v) is 5.68. The molecule has 0 aliphatic heterocycles. The van der Waals surface area contributed by atoms with Gasteiger partial charge in [0.1, 0.15) is 11.5 Å². The fraction of sp³-hybridized carbons (Fsp3) is 0.167. The SMILES string of the molecule is CC(=O)c1cc(C(C)=O)cc(C(C)(c2ccc(O)cc2)c2ccc(O)c(S)c2)c1. The van der Waals surface area contributed by atoms with Crippen molar-refractivity contribution in [1.29, 1.82) is 0 Å². The summed E-state index contributed by atoms with van der Waals surface area (Å²) in [5.74, 6) is -0.0725. The lowest BCUT2D eigenvalue weighted by atomic mass is 9.70. The molecule has 1 atom stereocenters. The largest absolute Gasteiger partial charge is 0.508 e. The van der Waals surface area contributed by atoms with E-state index in [1.165, 1.54) is 13.8 Å². The zero-order valence-electron chi connectivity index (χ0n) is 16.4. The molecule has 0 saturated carbocycles. The van der Waals surface area contributed by atoms with Crippen LogP contribution in [-0.2, 0) is 5.41 Å². The Labute approximate surface area is 175 Å². The molecule has 0 fully saturated rings. The quantitative estimate of drug-likeness (QED) is 0.311. The highest BCUT2D eigenvalue weighted by atomic mass is 32.1. The molecule has 0 saturated heterocycles. The van der Waals surface area contributed by atoms with Crippen LogP contribution >= 0.6 is 12.6 Å². The van der Waals surface area contributed by atoms with Gasteiger partial charge in [0.05, 0.1) is 0 Å². The zero-order valence-corrected chi connectivity index (χ0v) is 17.3. The second-order valence-corrected chi connectivity index (χ2v) is 7.77. The van der Waals surface area contributed by atoms with Crippen molar-refractivity contribution in [2.24, 2.45) is 0 Å². The number of aromatic hydroxyl groups is 2. The van der Waals surface area contributed by atoms with Crippen LogP contribution in [0, 0.1) is 0 Å². The summed E-state index contributed by atoms with van der Waals surface area (Å²) in [4.78, 5) is 24.7. The van der Waals surface area contributed by atoms with Gasteiger partial charge in [-0.25, -0.2) is 0 Å². The topological polar surface area (TPSA) is 74.6 Å². The van der Waals surface area contributed by atoms with Crippen LogP contribution in [0.25, 0.3) is 0 Å². The molecule has 3 aromatic carbocycles. The highest BCUT2D eigenvalue weighted by molar-refractivity contribution is 7.80. The molecule has 1 unspecified atom stereocenters. The van der Waals surface area contributed by atoms with Crippen LogP contribution in [0.5, 0.6) is 11.5 Å². The van der Waals surface area contributed by atoms with Gasteiger partial charge < -0.3 is 10.2 Å². The summed E-state index contributed by atoms with van der Waals surface area (Å²) >= 11 is 4.35. The molecule has 148 valence electrons. The minimum Gasteiger partial charge on any atom is -0.508 e. The first-order valence-corrected chi connectivity index (χ1v) is 9.57. The minimum atomic E-state index is -0.769. The number of hydrogen-bond acceptors (Lipinski definition) is 5. The Hall–Kier alpha value is -3.05. The van der Waals surface area contributed by atoms with Crippen LogP contribution in [0.2, 0.25) is 0 Å². The van der Waals surface area contributed by atoms with E-state index in [1.54, 1.807) is 60.7 Å². The van der Waals surface area contributed by atoms with Crippen molar-refractivity contribution in [2.75, 3.05) is 0 Å². The lowest BCUT2D eigenvalue weighted by Crippen LogP contribution is -2.26. The van der Waals surface area contributed by atoms with Gasteiger partial charge in [0.2, 0.25) is 0 Å². The number of phenolic OH excluding ortho intramolecular Hbond substituents is 2. The first kappa shape index (κ1) is 20.7. The fourth-order valence-electron chi connectivity index (χ4n) is 3.45. The van der Waals surface area contributed by atoms with Gasteiger partial charge in [-0.3, -0.25) is 9.59 Å². The normalized spacial score (nSPS) is 13.0. The molecular formula is C24H22O4S. The monoisotopic (exact) mass is 406 g/mol. The fourth-order valence-corrected chi connectivity index (χ4v) is 3.67. The molecule has 4 nitrogen and oxygen atoms in total. The van der Waals surface area contributed by atoms with Crippen molar-refractivity contribution in [3.63, 3.8) is 0 Å². The van der Waals surface area contributed by atoms with Crippen molar-refractivity contribution in [1.82, 2.24) is 0 Å². The Morgan fingerprint density at radius 1 is 0.759 bits per heavy atom. The maximum absolute atomic E-state index is 12.1. The highest BCUT2D eigenvalue weighted by Crippen LogP contribution is 2.42. The summed E-state index contributed by atoms with van der Waals surface area (Å²) in [7, 11) is 0. The molecule has 3 aromatic rings. The van der Waals surface area contributed by atoms with Crippen LogP contribution < -0.4 is 0 Å². The molecule has 0 aromatic heterocycles. The number of hydrogen-bond donors (Lipinski definition) is 3. The number of rotatable bonds is 5. The third kappa shape index (κ3) is 3.91. The number of carbonyl (C=O) groups is 2. The Morgan fingerprint density at radius 3 is 1.76 bits per heavy atom. The van der Waals surface area contributed by atoms with Crippen LogP contribution in [0.4, 0.5) is 0 Å². The van der Waals surface area contributed by atoms with E-state index in [4.69, 9.17) is 0 Å². The predicted molar refractivity (Wildman–Crippen MR) is 115 cm³/mol. The average Bonchev–Trinajstić information content (AvgIpc) is 2.69. The van der Waals surface area contributed by atoms with E-state index in [-0.39, 0.29) is 23.1 Å². The van der Waals surface area contributed by atoms with Gasteiger partial charge in [0.15, 0.2) is 11.6 Å². The van der Waals surface area contributed by atoms with E-state index in [1.807, 2.05) is 6.92 Å². The number of benzene rings is 3. The van der Waals surface area contributed by atoms with Crippen molar-refractivity contribution in [2.45, 2.75) is 31.1 Å². The average molecular weight is 407 g/mol. The van der Waals surface area contributed by atoms with E-state index in [2.05, 4.69) is 12.6 Å². The number of Topliss-reactive ketones (excluding diaryl/α,β-unsaturated/α-hetero) is 2. The maximum atomic E-state index is 12.1. The van der Waals surface area contributed by atoms with Gasteiger partial charge >= 0.3 is 0 Å². The summed E-state index contributed by atoms with van der Waals surface area (Å²) in [6, 6.07) is 17.1. The van der Waals surface area contributed by atoms with Crippen LogP contribution in [-0.4, -0.2) is 21.8 Å². The Kier molecular flexibility index (Phi) is 5.53. The molecule has 0 heterocycles. The maximum Gasteiger partial charge on any atom is 0.159 e. The zero-order chi connectivity index (χ0) is 21.3. The molecule has 29 heavy (non-hydrogen) atoms. The molecule has 0 amide bonds. The van der Waals surface area contributed by atoms with Crippen molar-refractivity contribution in [3.8, 4) is 11.5 Å². The second kappa shape index (κ2) is 7.76. The van der Waals surface area contributed by atoms with Crippen molar-refractivity contribution in [3.05, 3.63) is 88.5 Å². The van der Waals surface area contributed by atoms with Gasteiger partial charge in [-0.1, -0.05) is 18.2 Å². The standard InChI is InChI=1S/C24H22O4S/c1-14(25)16-10-17(15(2)26)12-20(11-16)24(3,18-4-7-21(27)8-5-18)19-6-9-22(28)23(29)13-19/h4-13,27-29H,1-3H3. The minimum absolute atomic E-state index is 0.0621. The number of thiol groups is 1. The second-order valence-electron chi connectivity index (χ2n) is 7.29. The molecule has 3 rings (SSSR count). The van der Waals surface area contributed by atoms with Gasteiger partial charge in [0.25, 0.3) is 0 Å². The van der Waals surface area contributed by atoms with Gasteiger partial charge in [-0.05, 0) is 79.9 Å². The first-order chi connectivity index (χ1) is 13.6. The van der Waals surface area contributed by atoms with Crippen molar-refractivity contribution < 1.29 is 19.8 Å².